The number of anilines is 1. The first kappa shape index (κ1) is 17.5. The van der Waals surface area contributed by atoms with Crippen LogP contribution in [0.5, 0.6) is 0 Å². The van der Waals surface area contributed by atoms with Gasteiger partial charge in [0.1, 0.15) is 0 Å². The van der Waals surface area contributed by atoms with E-state index in [-0.39, 0.29) is 5.91 Å². The third-order valence-electron chi connectivity index (χ3n) is 3.81. The highest BCUT2D eigenvalue weighted by Gasteiger charge is 2.14. The Hall–Kier alpha value is -1.55. The summed E-state index contributed by atoms with van der Waals surface area (Å²) in [6.07, 6.45) is 0.166. The van der Waals surface area contributed by atoms with Crippen molar-refractivity contribution >= 4 is 11.6 Å². The number of aliphatic hydroxyl groups excluding tert-OH is 1. The van der Waals surface area contributed by atoms with Crippen LogP contribution in [0.4, 0.5) is 5.69 Å². The molecule has 1 aromatic rings. The molecule has 0 saturated heterocycles. The topological polar surface area (TPSA) is 61.4 Å². The molecule has 3 N–H and O–H groups in total. The van der Waals surface area contributed by atoms with Crippen LogP contribution in [-0.2, 0) is 0 Å². The third-order valence-corrected chi connectivity index (χ3v) is 3.81. The molecule has 1 amide bonds. The maximum Gasteiger partial charge on any atom is 0.251 e. The molecule has 1 rings (SSSR count). The fourth-order valence-corrected chi connectivity index (χ4v) is 1.94. The summed E-state index contributed by atoms with van der Waals surface area (Å²) in [5, 5.41) is 15.5. The zero-order valence-corrected chi connectivity index (χ0v) is 13.7. The second-order valence-corrected chi connectivity index (χ2v) is 6.05. The zero-order valence-electron chi connectivity index (χ0n) is 13.7. The Labute approximate surface area is 128 Å². The maximum atomic E-state index is 12.2. The molecule has 0 aliphatic heterocycles. The Morgan fingerprint density at radius 3 is 2.48 bits per heavy atom. The lowest BCUT2D eigenvalue weighted by molar-refractivity contribution is 0.0945. The summed E-state index contributed by atoms with van der Waals surface area (Å²) in [6, 6.07) is 6.07. The standard InChI is InChI=1S/C17H28N2O2/c1-11(2)14(5)19-16-8-6-7-15(13(16)4)17(21)18-10-9-12(3)20/h6-8,11-12,14,19-20H,9-10H2,1-5H3,(H,18,21). The van der Waals surface area contributed by atoms with Crippen LogP contribution in [0.15, 0.2) is 18.2 Å². The highest BCUT2D eigenvalue weighted by atomic mass is 16.3. The van der Waals surface area contributed by atoms with Crippen molar-refractivity contribution in [2.24, 2.45) is 5.92 Å². The Morgan fingerprint density at radius 2 is 1.90 bits per heavy atom. The van der Waals surface area contributed by atoms with Crippen molar-refractivity contribution in [3.05, 3.63) is 29.3 Å². The molecular weight excluding hydrogens is 264 g/mol. The van der Waals surface area contributed by atoms with E-state index in [0.717, 1.165) is 11.3 Å². The molecule has 0 aliphatic carbocycles. The van der Waals surface area contributed by atoms with E-state index in [9.17, 15) is 9.90 Å². The second-order valence-electron chi connectivity index (χ2n) is 6.05. The Bertz CT molecular complexity index is 470. The smallest absolute Gasteiger partial charge is 0.251 e. The molecule has 0 bridgehead atoms. The SMILES string of the molecule is Cc1c(NC(C)C(C)C)cccc1C(=O)NCCC(C)O. The summed E-state index contributed by atoms with van der Waals surface area (Å²) >= 11 is 0. The van der Waals surface area contributed by atoms with Gasteiger partial charge in [0.25, 0.3) is 5.91 Å². The number of carbonyl (C=O) groups excluding carboxylic acids is 1. The first-order valence-corrected chi connectivity index (χ1v) is 7.65. The molecule has 0 saturated carbocycles. The van der Waals surface area contributed by atoms with Gasteiger partial charge in [0, 0.05) is 23.8 Å². The molecule has 0 aliphatic rings. The quantitative estimate of drug-likeness (QED) is 0.724. The second kappa shape index (κ2) is 8.03. The highest BCUT2D eigenvalue weighted by Crippen LogP contribution is 2.21. The van der Waals surface area contributed by atoms with Gasteiger partial charge < -0.3 is 15.7 Å². The molecule has 1 aromatic carbocycles. The number of carbonyl (C=O) groups is 1. The maximum absolute atomic E-state index is 12.2. The van der Waals surface area contributed by atoms with Crippen LogP contribution in [-0.4, -0.2) is 29.7 Å². The lowest BCUT2D eigenvalue weighted by atomic mass is 10.0. The summed E-state index contributed by atoms with van der Waals surface area (Å²) in [5.41, 5.74) is 2.64. The van der Waals surface area contributed by atoms with Gasteiger partial charge in [-0.05, 0) is 50.8 Å². The summed E-state index contributed by atoms with van der Waals surface area (Å²) in [7, 11) is 0. The number of hydrogen-bond acceptors (Lipinski definition) is 3. The zero-order chi connectivity index (χ0) is 16.0. The van der Waals surface area contributed by atoms with Gasteiger partial charge in [-0.3, -0.25) is 4.79 Å². The minimum atomic E-state index is -0.397. The minimum Gasteiger partial charge on any atom is -0.393 e. The predicted molar refractivity (Wildman–Crippen MR) is 87.7 cm³/mol. The van der Waals surface area contributed by atoms with Gasteiger partial charge >= 0.3 is 0 Å². The van der Waals surface area contributed by atoms with Crippen LogP contribution in [0.3, 0.4) is 0 Å². The van der Waals surface area contributed by atoms with Crippen molar-refractivity contribution in [1.82, 2.24) is 5.32 Å². The highest BCUT2D eigenvalue weighted by molar-refractivity contribution is 5.97. The van der Waals surface area contributed by atoms with Crippen molar-refractivity contribution in [2.45, 2.75) is 53.2 Å². The third kappa shape index (κ3) is 5.38. The lowest BCUT2D eigenvalue weighted by Gasteiger charge is -2.21. The van der Waals surface area contributed by atoms with Crippen LogP contribution < -0.4 is 10.6 Å². The lowest BCUT2D eigenvalue weighted by Crippen LogP contribution is -2.28. The largest absolute Gasteiger partial charge is 0.393 e. The van der Waals surface area contributed by atoms with Crippen molar-refractivity contribution in [2.75, 3.05) is 11.9 Å². The average Bonchev–Trinajstić information content (AvgIpc) is 2.40. The van der Waals surface area contributed by atoms with E-state index >= 15 is 0 Å². The van der Waals surface area contributed by atoms with Crippen molar-refractivity contribution in [3.63, 3.8) is 0 Å². The number of amides is 1. The van der Waals surface area contributed by atoms with Gasteiger partial charge in [0.05, 0.1) is 6.10 Å². The van der Waals surface area contributed by atoms with Gasteiger partial charge in [-0.2, -0.15) is 0 Å². The normalized spacial score (nSPS) is 13.9. The van der Waals surface area contributed by atoms with E-state index in [2.05, 4.69) is 31.4 Å². The first-order valence-electron chi connectivity index (χ1n) is 7.65. The Kier molecular flexibility index (Phi) is 6.69. The van der Waals surface area contributed by atoms with Gasteiger partial charge in [0.2, 0.25) is 0 Å². The average molecular weight is 292 g/mol. The number of hydrogen-bond donors (Lipinski definition) is 3. The number of nitrogens with one attached hydrogen (secondary N) is 2. The van der Waals surface area contributed by atoms with E-state index in [1.807, 2.05) is 25.1 Å². The minimum absolute atomic E-state index is 0.0889. The fourth-order valence-electron chi connectivity index (χ4n) is 1.94. The van der Waals surface area contributed by atoms with Gasteiger partial charge in [-0.1, -0.05) is 19.9 Å². The van der Waals surface area contributed by atoms with Gasteiger partial charge in [-0.25, -0.2) is 0 Å². The molecule has 2 unspecified atom stereocenters. The van der Waals surface area contributed by atoms with Gasteiger partial charge in [0.15, 0.2) is 0 Å². The van der Waals surface area contributed by atoms with Crippen LogP contribution in [0.1, 0.15) is 50.0 Å². The first-order chi connectivity index (χ1) is 9.82. The number of aliphatic hydroxyl groups is 1. The van der Waals surface area contributed by atoms with Crippen LogP contribution in [0.2, 0.25) is 0 Å². The molecule has 118 valence electrons. The number of benzene rings is 1. The van der Waals surface area contributed by atoms with E-state index < -0.39 is 6.10 Å². The molecular formula is C17H28N2O2. The van der Waals surface area contributed by atoms with Crippen molar-refractivity contribution < 1.29 is 9.90 Å². The van der Waals surface area contributed by atoms with E-state index in [0.29, 0.717) is 30.5 Å². The monoisotopic (exact) mass is 292 g/mol. The molecule has 4 nitrogen and oxygen atoms in total. The van der Waals surface area contributed by atoms with E-state index in [4.69, 9.17) is 0 Å². The van der Waals surface area contributed by atoms with Gasteiger partial charge in [-0.15, -0.1) is 0 Å². The molecule has 0 heterocycles. The van der Waals surface area contributed by atoms with Crippen LogP contribution >= 0.6 is 0 Å². The van der Waals surface area contributed by atoms with Crippen LogP contribution in [0, 0.1) is 12.8 Å². The molecule has 0 aromatic heterocycles. The molecule has 21 heavy (non-hydrogen) atoms. The van der Waals surface area contributed by atoms with E-state index in [1.165, 1.54) is 0 Å². The van der Waals surface area contributed by atoms with Crippen molar-refractivity contribution in [1.29, 1.82) is 0 Å². The summed E-state index contributed by atoms with van der Waals surface area (Å²) in [4.78, 5) is 12.2. The Balaban J connectivity index is 2.77. The molecule has 4 heteroatoms. The van der Waals surface area contributed by atoms with E-state index in [1.54, 1.807) is 6.92 Å². The Morgan fingerprint density at radius 1 is 1.24 bits per heavy atom. The molecule has 0 fully saturated rings. The fraction of sp³-hybridized carbons (Fsp3) is 0.588. The summed E-state index contributed by atoms with van der Waals surface area (Å²) in [6.45, 7) is 10.6. The predicted octanol–water partition coefficient (Wildman–Crippen LogP) is 2.95. The molecule has 2 atom stereocenters. The van der Waals surface area contributed by atoms with Crippen molar-refractivity contribution in [3.8, 4) is 0 Å². The van der Waals surface area contributed by atoms with Crippen LogP contribution in [0.25, 0.3) is 0 Å². The summed E-state index contributed by atoms with van der Waals surface area (Å²) < 4.78 is 0. The number of rotatable bonds is 7. The summed E-state index contributed by atoms with van der Waals surface area (Å²) in [5.74, 6) is 0.432. The molecule has 0 spiro atoms. The molecule has 0 radical (unpaired) electrons.